The number of carboxylic acids is 1. The van der Waals surface area contributed by atoms with Crippen molar-refractivity contribution in [3.63, 3.8) is 0 Å². The monoisotopic (exact) mass is 146 g/mol. The molecule has 0 aromatic heterocycles. The van der Waals surface area contributed by atoms with Crippen LogP contribution < -0.4 is 0 Å². The predicted octanol–water partition coefficient (Wildman–Crippen LogP) is 0.897. The molecule has 4 nitrogen and oxygen atoms in total. The zero-order valence-electron chi connectivity index (χ0n) is 5.92. The zero-order chi connectivity index (χ0) is 8.15. The first kappa shape index (κ1) is 9.13. The molecule has 0 unspecified atom stereocenters. The Bertz CT molecular complexity index is 159. The molecule has 0 saturated carbocycles. The Balaban J connectivity index is 4.19. The third-order valence-electron chi connectivity index (χ3n) is 1.24. The van der Waals surface area contributed by atoms with Gasteiger partial charge in [-0.2, -0.15) is 0 Å². The van der Waals surface area contributed by atoms with E-state index in [0.717, 1.165) is 0 Å². The standard InChI is InChI=1S/C6H10O4/c1-4(3-10-9)5(2)6(7)8/h9H,3H2,1-2H3,(H,7,8)/b5-4+. The van der Waals surface area contributed by atoms with Gasteiger partial charge in [0.25, 0.3) is 0 Å². The van der Waals surface area contributed by atoms with Crippen molar-refractivity contribution in [2.45, 2.75) is 13.8 Å². The highest BCUT2D eigenvalue weighted by Gasteiger charge is 2.03. The smallest absolute Gasteiger partial charge is 0.331 e. The van der Waals surface area contributed by atoms with Gasteiger partial charge in [-0.15, -0.1) is 0 Å². The van der Waals surface area contributed by atoms with Crippen molar-refractivity contribution in [3.05, 3.63) is 11.1 Å². The summed E-state index contributed by atoms with van der Waals surface area (Å²) in [5, 5.41) is 16.3. The van der Waals surface area contributed by atoms with E-state index in [0.29, 0.717) is 5.57 Å². The van der Waals surface area contributed by atoms with Crippen LogP contribution in [-0.4, -0.2) is 22.9 Å². The molecule has 4 heteroatoms. The topological polar surface area (TPSA) is 66.8 Å². The van der Waals surface area contributed by atoms with E-state index >= 15 is 0 Å². The fourth-order valence-corrected chi connectivity index (χ4v) is 0.388. The molecule has 0 aliphatic heterocycles. The van der Waals surface area contributed by atoms with Gasteiger partial charge < -0.3 is 5.11 Å². The third kappa shape index (κ3) is 2.61. The molecular weight excluding hydrogens is 136 g/mol. The molecule has 0 fully saturated rings. The van der Waals surface area contributed by atoms with E-state index in [1.807, 2.05) is 0 Å². The molecule has 0 aliphatic carbocycles. The molecule has 0 heterocycles. The van der Waals surface area contributed by atoms with Crippen LogP contribution in [0.5, 0.6) is 0 Å². The van der Waals surface area contributed by atoms with Crippen LogP contribution in [0.1, 0.15) is 13.8 Å². The summed E-state index contributed by atoms with van der Waals surface area (Å²) in [5.74, 6) is -0.991. The lowest BCUT2D eigenvalue weighted by Crippen LogP contribution is -2.03. The van der Waals surface area contributed by atoms with Gasteiger partial charge >= 0.3 is 5.97 Å². The van der Waals surface area contributed by atoms with Crippen LogP contribution >= 0.6 is 0 Å². The maximum absolute atomic E-state index is 10.2. The van der Waals surface area contributed by atoms with E-state index in [9.17, 15) is 4.79 Å². The zero-order valence-corrected chi connectivity index (χ0v) is 5.92. The van der Waals surface area contributed by atoms with Gasteiger partial charge in [0.15, 0.2) is 0 Å². The Kier molecular flexibility index (Phi) is 3.68. The van der Waals surface area contributed by atoms with Gasteiger partial charge in [-0.3, -0.25) is 5.26 Å². The van der Waals surface area contributed by atoms with Gasteiger partial charge in [0.1, 0.15) is 6.61 Å². The van der Waals surface area contributed by atoms with Gasteiger partial charge in [-0.1, -0.05) is 0 Å². The molecule has 0 aromatic carbocycles. The second kappa shape index (κ2) is 4.03. The molecule has 0 aromatic rings. The average molecular weight is 146 g/mol. The van der Waals surface area contributed by atoms with Crippen molar-refractivity contribution < 1.29 is 20.0 Å². The molecule has 2 N–H and O–H groups in total. The predicted molar refractivity (Wildman–Crippen MR) is 34.6 cm³/mol. The van der Waals surface area contributed by atoms with Crippen molar-refractivity contribution in [2.24, 2.45) is 0 Å². The van der Waals surface area contributed by atoms with Crippen molar-refractivity contribution in [3.8, 4) is 0 Å². The van der Waals surface area contributed by atoms with E-state index in [1.54, 1.807) is 6.92 Å². The van der Waals surface area contributed by atoms with Crippen LogP contribution in [0, 0.1) is 0 Å². The summed E-state index contributed by atoms with van der Waals surface area (Å²) < 4.78 is 0. The normalized spacial score (nSPS) is 12.7. The van der Waals surface area contributed by atoms with E-state index in [-0.39, 0.29) is 12.2 Å². The number of hydrogen-bond acceptors (Lipinski definition) is 3. The number of carbonyl (C=O) groups is 1. The highest BCUT2D eigenvalue weighted by Crippen LogP contribution is 2.02. The Labute approximate surface area is 58.7 Å². The Morgan fingerprint density at radius 2 is 2.00 bits per heavy atom. The Morgan fingerprint density at radius 1 is 1.50 bits per heavy atom. The van der Waals surface area contributed by atoms with Crippen molar-refractivity contribution in [1.29, 1.82) is 0 Å². The summed E-state index contributed by atoms with van der Waals surface area (Å²) in [4.78, 5) is 14.0. The van der Waals surface area contributed by atoms with Gasteiger partial charge in [0.05, 0.1) is 0 Å². The molecule has 0 radical (unpaired) electrons. The molecule has 0 atom stereocenters. The largest absolute Gasteiger partial charge is 0.478 e. The molecule has 0 aliphatic rings. The summed E-state index contributed by atoms with van der Waals surface area (Å²) in [6.07, 6.45) is 0. The van der Waals surface area contributed by atoms with E-state index in [1.165, 1.54) is 6.92 Å². The second-order valence-corrected chi connectivity index (χ2v) is 1.98. The minimum absolute atomic E-state index is 0.0574. The third-order valence-corrected chi connectivity index (χ3v) is 1.24. The van der Waals surface area contributed by atoms with Crippen molar-refractivity contribution in [1.82, 2.24) is 0 Å². The lowest BCUT2D eigenvalue weighted by Gasteiger charge is -1.99. The summed E-state index contributed by atoms with van der Waals surface area (Å²) in [6, 6.07) is 0. The lowest BCUT2D eigenvalue weighted by atomic mass is 10.2. The number of hydrogen-bond donors (Lipinski definition) is 2. The summed E-state index contributed by atoms with van der Waals surface area (Å²) in [7, 11) is 0. The number of carboxylic acid groups (broad SMARTS) is 1. The van der Waals surface area contributed by atoms with Crippen LogP contribution in [-0.2, 0) is 9.68 Å². The van der Waals surface area contributed by atoms with Gasteiger partial charge in [-0.05, 0) is 19.4 Å². The maximum Gasteiger partial charge on any atom is 0.331 e. The summed E-state index contributed by atoms with van der Waals surface area (Å²) in [5.41, 5.74) is 0.712. The lowest BCUT2D eigenvalue weighted by molar-refractivity contribution is -0.234. The number of rotatable bonds is 3. The summed E-state index contributed by atoms with van der Waals surface area (Å²) >= 11 is 0. The van der Waals surface area contributed by atoms with Gasteiger partial charge in [-0.25, -0.2) is 9.68 Å². The fraction of sp³-hybridized carbons (Fsp3) is 0.500. The second-order valence-electron chi connectivity index (χ2n) is 1.98. The van der Waals surface area contributed by atoms with E-state index < -0.39 is 5.97 Å². The highest BCUT2D eigenvalue weighted by atomic mass is 17.1. The van der Waals surface area contributed by atoms with Crippen LogP contribution in [0.15, 0.2) is 11.1 Å². The molecule has 0 spiro atoms. The fourth-order valence-electron chi connectivity index (χ4n) is 0.388. The number of aliphatic carboxylic acids is 1. The molecular formula is C6H10O4. The van der Waals surface area contributed by atoms with Gasteiger partial charge in [0, 0.05) is 5.57 Å². The Morgan fingerprint density at radius 3 is 2.30 bits per heavy atom. The van der Waals surface area contributed by atoms with E-state index in [4.69, 9.17) is 10.4 Å². The maximum atomic E-state index is 10.2. The van der Waals surface area contributed by atoms with Gasteiger partial charge in [0.2, 0.25) is 0 Å². The first-order valence-electron chi connectivity index (χ1n) is 2.75. The van der Waals surface area contributed by atoms with Crippen LogP contribution in [0.3, 0.4) is 0 Å². The van der Waals surface area contributed by atoms with Crippen molar-refractivity contribution in [2.75, 3.05) is 6.61 Å². The molecule has 0 amide bonds. The molecule has 10 heavy (non-hydrogen) atoms. The van der Waals surface area contributed by atoms with Crippen molar-refractivity contribution >= 4 is 5.97 Å². The minimum atomic E-state index is -0.991. The highest BCUT2D eigenvalue weighted by molar-refractivity contribution is 5.86. The van der Waals surface area contributed by atoms with Crippen LogP contribution in [0.4, 0.5) is 0 Å². The first-order chi connectivity index (χ1) is 4.59. The molecule has 0 saturated heterocycles. The quantitative estimate of drug-likeness (QED) is 0.352. The SMILES string of the molecule is C/C(COO)=C(/C)C(=O)O. The average Bonchev–Trinajstić information content (AvgIpc) is 1.87. The molecule has 0 bridgehead atoms. The van der Waals surface area contributed by atoms with E-state index in [2.05, 4.69) is 4.89 Å². The minimum Gasteiger partial charge on any atom is -0.478 e. The molecule has 58 valence electrons. The first-order valence-corrected chi connectivity index (χ1v) is 2.75. The Hall–Kier alpha value is -0.870. The van der Waals surface area contributed by atoms with Crippen LogP contribution in [0.25, 0.3) is 0 Å². The molecule has 0 rings (SSSR count). The van der Waals surface area contributed by atoms with Crippen LogP contribution in [0.2, 0.25) is 0 Å². The summed E-state index contributed by atoms with van der Waals surface area (Å²) in [6.45, 7) is 2.98.